The number of sulfonamides is 1. The highest BCUT2D eigenvalue weighted by atomic mass is 35.5. The van der Waals surface area contributed by atoms with Crippen molar-refractivity contribution in [2.45, 2.75) is 37.5 Å². The standard InChI is InChI=1S/C23H27ClN2O6S/c1-16-7-8-17(13-21(16)31-2)23(28)32-15-22(27)25-20-14-18(9-10-19(20)24)33(29,30)26-11-5-3-4-6-12-26/h7-10,13-14H,3-6,11-12,15H2,1-2H3,(H,25,27). The van der Waals surface area contributed by atoms with Gasteiger partial charge in [0.1, 0.15) is 5.75 Å². The molecular weight excluding hydrogens is 468 g/mol. The Balaban J connectivity index is 1.66. The predicted octanol–water partition coefficient (Wildman–Crippen LogP) is 4.02. The monoisotopic (exact) mass is 494 g/mol. The van der Waals surface area contributed by atoms with Crippen LogP contribution < -0.4 is 10.1 Å². The molecule has 1 amide bonds. The first-order valence-corrected chi connectivity index (χ1v) is 12.5. The van der Waals surface area contributed by atoms with Crippen LogP contribution in [0.1, 0.15) is 41.6 Å². The summed E-state index contributed by atoms with van der Waals surface area (Å²) in [6.45, 7) is 2.21. The van der Waals surface area contributed by atoms with E-state index < -0.39 is 28.5 Å². The third-order valence-electron chi connectivity index (χ3n) is 5.39. The maximum Gasteiger partial charge on any atom is 0.338 e. The van der Waals surface area contributed by atoms with Gasteiger partial charge in [0.2, 0.25) is 10.0 Å². The van der Waals surface area contributed by atoms with Crippen LogP contribution in [0.3, 0.4) is 0 Å². The predicted molar refractivity (Wildman–Crippen MR) is 125 cm³/mol. The number of nitrogens with one attached hydrogen (secondary N) is 1. The molecule has 2 aromatic rings. The van der Waals surface area contributed by atoms with Crippen molar-refractivity contribution in [3.05, 3.63) is 52.5 Å². The lowest BCUT2D eigenvalue weighted by atomic mass is 10.1. The van der Waals surface area contributed by atoms with E-state index in [1.165, 1.54) is 35.7 Å². The summed E-state index contributed by atoms with van der Waals surface area (Å²) in [5, 5.41) is 2.69. The molecule has 1 fully saturated rings. The molecule has 1 aliphatic rings. The van der Waals surface area contributed by atoms with Gasteiger partial charge in [0.15, 0.2) is 6.61 Å². The van der Waals surface area contributed by atoms with Gasteiger partial charge >= 0.3 is 5.97 Å². The van der Waals surface area contributed by atoms with E-state index in [4.69, 9.17) is 21.1 Å². The highest BCUT2D eigenvalue weighted by Gasteiger charge is 2.26. The van der Waals surface area contributed by atoms with Gasteiger partial charge in [-0.1, -0.05) is 30.5 Å². The smallest absolute Gasteiger partial charge is 0.338 e. The number of esters is 1. The zero-order chi connectivity index (χ0) is 24.0. The lowest BCUT2D eigenvalue weighted by Crippen LogP contribution is -2.32. The molecule has 3 rings (SSSR count). The van der Waals surface area contributed by atoms with Gasteiger partial charge in [0, 0.05) is 13.1 Å². The van der Waals surface area contributed by atoms with E-state index in [2.05, 4.69) is 5.32 Å². The first kappa shape index (κ1) is 25.0. The number of hydrogen-bond donors (Lipinski definition) is 1. The van der Waals surface area contributed by atoms with E-state index >= 15 is 0 Å². The molecule has 0 unspecified atom stereocenters. The number of methoxy groups -OCH3 is 1. The van der Waals surface area contributed by atoms with Gasteiger partial charge in [-0.15, -0.1) is 0 Å². The van der Waals surface area contributed by atoms with Crippen molar-refractivity contribution in [1.82, 2.24) is 4.31 Å². The van der Waals surface area contributed by atoms with Gasteiger partial charge in [-0.25, -0.2) is 13.2 Å². The molecular formula is C23H27ClN2O6S. The number of ether oxygens (including phenoxy) is 2. The molecule has 1 aliphatic heterocycles. The maximum absolute atomic E-state index is 13.0. The third kappa shape index (κ3) is 6.25. The van der Waals surface area contributed by atoms with E-state index in [0.717, 1.165) is 31.2 Å². The quantitative estimate of drug-likeness (QED) is 0.583. The van der Waals surface area contributed by atoms with Gasteiger partial charge in [0.25, 0.3) is 5.91 Å². The topological polar surface area (TPSA) is 102 Å². The second kappa shape index (κ2) is 11.0. The van der Waals surface area contributed by atoms with Crippen molar-refractivity contribution in [3.63, 3.8) is 0 Å². The Labute approximate surface area is 198 Å². The zero-order valence-electron chi connectivity index (χ0n) is 18.6. The van der Waals surface area contributed by atoms with Gasteiger partial charge in [-0.2, -0.15) is 4.31 Å². The molecule has 10 heteroatoms. The molecule has 0 radical (unpaired) electrons. The number of aryl methyl sites for hydroxylation is 1. The third-order valence-corrected chi connectivity index (χ3v) is 7.62. The van der Waals surface area contributed by atoms with Crippen molar-refractivity contribution in [1.29, 1.82) is 0 Å². The van der Waals surface area contributed by atoms with Crippen molar-refractivity contribution in [2.75, 3.05) is 32.1 Å². The van der Waals surface area contributed by atoms with Crippen LogP contribution in [0.5, 0.6) is 5.75 Å². The number of benzene rings is 2. The number of rotatable bonds is 7. The number of amides is 1. The van der Waals surface area contributed by atoms with Crippen LogP contribution in [-0.2, 0) is 19.6 Å². The van der Waals surface area contributed by atoms with Crippen LogP contribution in [-0.4, -0.2) is 51.4 Å². The molecule has 0 saturated carbocycles. The zero-order valence-corrected chi connectivity index (χ0v) is 20.2. The number of anilines is 1. The Bertz CT molecular complexity index is 1130. The summed E-state index contributed by atoms with van der Waals surface area (Å²) in [5.74, 6) is -0.802. The Hall–Kier alpha value is -2.62. The van der Waals surface area contributed by atoms with E-state index in [1.54, 1.807) is 12.1 Å². The lowest BCUT2D eigenvalue weighted by molar-refractivity contribution is -0.119. The molecule has 2 aromatic carbocycles. The fourth-order valence-electron chi connectivity index (χ4n) is 3.54. The highest BCUT2D eigenvalue weighted by Crippen LogP contribution is 2.28. The molecule has 0 aliphatic carbocycles. The molecule has 1 saturated heterocycles. The second-order valence-electron chi connectivity index (χ2n) is 7.77. The fourth-order valence-corrected chi connectivity index (χ4v) is 5.25. The van der Waals surface area contributed by atoms with Crippen molar-refractivity contribution >= 4 is 39.2 Å². The van der Waals surface area contributed by atoms with Crippen LogP contribution in [0.15, 0.2) is 41.3 Å². The van der Waals surface area contributed by atoms with Crippen molar-refractivity contribution < 1.29 is 27.5 Å². The van der Waals surface area contributed by atoms with Crippen LogP contribution in [0.25, 0.3) is 0 Å². The minimum atomic E-state index is -3.71. The van der Waals surface area contributed by atoms with E-state index in [-0.39, 0.29) is 21.2 Å². The van der Waals surface area contributed by atoms with E-state index in [1.807, 2.05) is 6.92 Å². The highest BCUT2D eigenvalue weighted by molar-refractivity contribution is 7.89. The first-order valence-electron chi connectivity index (χ1n) is 10.6. The van der Waals surface area contributed by atoms with Gasteiger partial charge < -0.3 is 14.8 Å². The summed E-state index contributed by atoms with van der Waals surface area (Å²) in [6, 6.07) is 8.99. The summed E-state index contributed by atoms with van der Waals surface area (Å²) >= 11 is 6.16. The van der Waals surface area contributed by atoms with Crippen LogP contribution in [0.4, 0.5) is 5.69 Å². The summed E-state index contributed by atoms with van der Waals surface area (Å²) in [4.78, 5) is 24.7. The minimum absolute atomic E-state index is 0.0489. The summed E-state index contributed by atoms with van der Waals surface area (Å²) in [5.41, 5.74) is 1.23. The molecule has 178 valence electrons. The fraction of sp³-hybridized carbons (Fsp3) is 0.391. The number of hydrogen-bond acceptors (Lipinski definition) is 6. The summed E-state index contributed by atoms with van der Waals surface area (Å²) < 4.78 is 37.8. The van der Waals surface area contributed by atoms with E-state index in [9.17, 15) is 18.0 Å². The maximum atomic E-state index is 13.0. The first-order chi connectivity index (χ1) is 15.7. The van der Waals surface area contributed by atoms with E-state index in [0.29, 0.717) is 18.8 Å². The lowest BCUT2D eigenvalue weighted by Gasteiger charge is -2.20. The van der Waals surface area contributed by atoms with Crippen molar-refractivity contribution in [2.24, 2.45) is 0 Å². The molecule has 1 N–H and O–H groups in total. The van der Waals surface area contributed by atoms with Gasteiger partial charge in [0.05, 0.1) is 28.3 Å². The Kier molecular flexibility index (Phi) is 8.34. The Morgan fingerprint density at radius 1 is 1.06 bits per heavy atom. The number of carbonyl (C=O) groups excluding carboxylic acids is 2. The number of carbonyl (C=O) groups is 2. The average molecular weight is 495 g/mol. The Morgan fingerprint density at radius 3 is 2.42 bits per heavy atom. The molecule has 33 heavy (non-hydrogen) atoms. The SMILES string of the molecule is COc1cc(C(=O)OCC(=O)Nc2cc(S(=O)(=O)N3CCCCCC3)ccc2Cl)ccc1C. The Morgan fingerprint density at radius 2 is 1.76 bits per heavy atom. The van der Waals surface area contributed by atoms with Crippen LogP contribution in [0.2, 0.25) is 5.02 Å². The summed E-state index contributed by atoms with van der Waals surface area (Å²) in [7, 11) is -2.21. The number of nitrogens with zero attached hydrogens (tertiary/aromatic N) is 1. The molecule has 0 bridgehead atoms. The van der Waals surface area contributed by atoms with Gasteiger partial charge in [-0.05, 0) is 55.7 Å². The average Bonchev–Trinajstić information content (AvgIpc) is 3.09. The van der Waals surface area contributed by atoms with Crippen LogP contribution in [0, 0.1) is 6.92 Å². The number of halogens is 1. The summed E-state index contributed by atoms with van der Waals surface area (Å²) in [6.07, 6.45) is 3.63. The molecule has 0 aromatic heterocycles. The molecule has 0 atom stereocenters. The minimum Gasteiger partial charge on any atom is -0.496 e. The molecule has 1 heterocycles. The van der Waals surface area contributed by atoms with Gasteiger partial charge in [-0.3, -0.25) is 4.79 Å². The van der Waals surface area contributed by atoms with Crippen LogP contribution >= 0.6 is 11.6 Å². The normalized spacial score (nSPS) is 14.9. The molecule has 8 nitrogen and oxygen atoms in total. The van der Waals surface area contributed by atoms with Crippen molar-refractivity contribution in [3.8, 4) is 5.75 Å². The molecule has 0 spiro atoms. The second-order valence-corrected chi connectivity index (χ2v) is 10.1. The largest absolute Gasteiger partial charge is 0.496 e.